The van der Waals surface area contributed by atoms with E-state index in [1.165, 1.54) is 6.20 Å². The number of anilines is 1. The number of amides is 1. The van der Waals surface area contributed by atoms with Crippen molar-refractivity contribution in [2.45, 2.75) is 13.0 Å². The molecule has 6 heteroatoms. The molecule has 1 amide bonds. The maximum atomic E-state index is 11.6. The van der Waals surface area contributed by atoms with Gasteiger partial charge in [-0.3, -0.25) is 9.78 Å². The van der Waals surface area contributed by atoms with Gasteiger partial charge >= 0.3 is 0 Å². The molecular weight excluding hydrogens is 230 g/mol. The molecule has 92 valence electrons. The van der Waals surface area contributed by atoms with Crippen LogP contribution in [-0.2, 0) is 17.8 Å². The van der Waals surface area contributed by atoms with Crippen LogP contribution in [0.5, 0.6) is 0 Å². The third-order valence-corrected chi connectivity index (χ3v) is 2.28. The summed E-state index contributed by atoms with van der Waals surface area (Å²) in [6.45, 7) is 0.363. The van der Waals surface area contributed by atoms with Crippen LogP contribution in [0.15, 0.2) is 36.7 Å². The van der Waals surface area contributed by atoms with Crippen LogP contribution in [0.1, 0.15) is 11.4 Å². The normalized spacial score (nSPS) is 10.0. The molecule has 2 rings (SSSR count). The monoisotopic (exact) mass is 243 g/mol. The van der Waals surface area contributed by atoms with Crippen molar-refractivity contribution in [3.63, 3.8) is 0 Å². The fraction of sp³-hybridized carbons (Fsp3) is 0.167. The van der Waals surface area contributed by atoms with Gasteiger partial charge in [0.15, 0.2) is 0 Å². The summed E-state index contributed by atoms with van der Waals surface area (Å²) in [4.78, 5) is 15.7. The average Bonchev–Trinajstić information content (AvgIpc) is 2.40. The predicted molar refractivity (Wildman–Crippen MR) is 66.2 cm³/mol. The molecular formula is C12H13N5O. The molecule has 0 fully saturated rings. The highest BCUT2D eigenvalue weighted by Crippen LogP contribution is 2.01. The minimum Gasteiger partial charge on any atom is -0.397 e. The molecule has 2 aromatic heterocycles. The SMILES string of the molecule is Nc1ccc(CC(=O)NCc2cccnn2)nc1. The minimum absolute atomic E-state index is 0.113. The highest BCUT2D eigenvalue weighted by molar-refractivity contribution is 5.78. The van der Waals surface area contributed by atoms with E-state index >= 15 is 0 Å². The second-order valence-corrected chi connectivity index (χ2v) is 3.75. The number of aromatic nitrogens is 3. The summed E-state index contributed by atoms with van der Waals surface area (Å²) in [5, 5.41) is 10.4. The largest absolute Gasteiger partial charge is 0.397 e. The van der Waals surface area contributed by atoms with Crippen LogP contribution in [0.2, 0.25) is 0 Å². The summed E-state index contributed by atoms with van der Waals surface area (Å²) < 4.78 is 0. The molecule has 0 unspecified atom stereocenters. The van der Waals surface area contributed by atoms with Crippen molar-refractivity contribution in [1.82, 2.24) is 20.5 Å². The Kier molecular flexibility index (Phi) is 3.80. The Morgan fingerprint density at radius 1 is 1.28 bits per heavy atom. The van der Waals surface area contributed by atoms with E-state index in [2.05, 4.69) is 20.5 Å². The molecule has 6 nitrogen and oxygen atoms in total. The Balaban J connectivity index is 1.84. The first-order chi connectivity index (χ1) is 8.74. The second-order valence-electron chi connectivity index (χ2n) is 3.75. The first-order valence-electron chi connectivity index (χ1n) is 5.48. The Labute approximate surface area is 104 Å². The van der Waals surface area contributed by atoms with Gasteiger partial charge in [0.1, 0.15) is 0 Å². The molecule has 2 heterocycles. The van der Waals surface area contributed by atoms with Crippen LogP contribution in [0.25, 0.3) is 0 Å². The van der Waals surface area contributed by atoms with Gasteiger partial charge in [0.2, 0.25) is 5.91 Å². The third kappa shape index (κ3) is 3.51. The Morgan fingerprint density at radius 3 is 2.83 bits per heavy atom. The van der Waals surface area contributed by atoms with Crippen LogP contribution >= 0.6 is 0 Å². The number of nitrogens with zero attached hydrogens (tertiary/aromatic N) is 3. The van der Waals surface area contributed by atoms with Gasteiger partial charge in [0, 0.05) is 11.9 Å². The number of carbonyl (C=O) groups is 1. The summed E-state index contributed by atoms with van der Waals surface area (Å²) in [6, 6.07) is 7.03. The van der Waals surface area contributed by atoms with Gasteiger partial charge in [-0.05, 0) is 24.3 Å². The van der Waals surface area contributed by atoms with E-state index in [0.717, 1.165) is 5.69 Å². The van der Waals surface area contributed by atoms with Crippen molar-refractivity contribution < 1.29 is 4.79 Å². The highest BCUT2D eigenvalue weighted by Gasteiger charge is 2.04. The second kappa shape index (κ2) is 5.72. The van der Waals surface area contributed by atoms with E-state index in [1.807, 2.05) is 0 Å². The van der Waals surface area contributed by atoms with Crippen LogP contribution in [-0.4, -0.2) is 21.1 Å². The fourth-order valence-corrected chi connectivity index (χ4v) is 1.38. The molecule has 2 aromatic rings. The van der Waals surface area contributed by atoms with Gasteiger partial charge in [-0.25, -0.2) is 0 Å². The molecule has 0 spiro atoms. The smallest absolute Gasteiger partial charge is 0.226 e. The van der Waals surface area contributed by atoms with Crippen molar-refractivity contribution in [3.8, 4) is 0 Å². The van der Waals surface area contributed by atoms with Crippen molar-refractivity contribution in [2.24, 2.45) is 0 Å². The predicted octanol–water partition coefficient (Wildman–Crippen LogP) is 0.313. The Morgan fingerprint density at radius 2 is 2.17 bits per heavy atom. The number of nitrogens with one attached hydrogen (secondary N) is 1. The molecule has 0 saturated heterocycles. The Bertz CT molecular complexity index is 512. The van der Waals surface area contributed by atoms with Gasteiger partial charge in [-0.15, -0.1) is 0 Å². The van der Waals surface area contributed by atoms with E-state index in [0.29, 0.717) is 17.9 Å². The molecule has 0 aliphatic heterocycles. The van der Waals surface area contributed by atoms with E-state index in [4.69, 9.17) is 5.73 Å². The minimum atomic E-state index is -0.113. The van der Waals surface area contributed by atoms with Crippen LogP contribution in [0.3, 0.4) is 0 Å². The zero-order chi connectivity index (χ0) is 12.8. The molecule has 0 aromatic carbocycles. The number of carbonyl (C=O) groups excluding carboxylic acids is 1. The van der Waals surface area contributed by atoms with Crippen molar-refractivity contribution >= 4 is 11.6 Å². The van der Waals surface area contributed by atoms with Crippen LogP contribution in [0, 0.1) is 0 Å². The van der Waals surface area contributed by atoms with Gasteiger partial charge in [0.25, 0.3) is 0 Å². The van der Waals surface area contributed by atoms with Crippen LogP contribution in [0.4, 0.5) is 5.69 Å². The lowest BCUT2D eigenvalue weighted by atomic mass is 10.2. The molecule has 0 atom stereocenters. The maximum absolute atomic E-state index is 11.6. The van der Waals surface area contributed by atoms with Gasteiger partial charge in [0.05, 0.1) is 30.5 Å². The fourth-order valence-electron chi connectivity index (χ4n) is 1.38. The van der Waals surface area contributed by atoms with Gasteiger partial charge < -0.3 is 11.1 Å². The Hall–Kier alpha value is -2.50. The molecule has 0 radical (unpaired) electrons. The van der Waals surface area contributed by atoms with E-state index in [1.54, 1.807) is 30.5 Å². The summed E-state index contributed by atoms with van der Waals surface area (Å²) in [5.74, 6) is -0.113. The number of hydrogen-bond acceptors (Lipinski definition) is 5. The van der Waals surface area contributed by atoms with Crippen molar-refractivity contribution in [1.29, 1.82) is 0 Å². The topological polar surface area (TPSA) is 93.8 Å². The maximum Gasteiger partial charge on any atom is 0.226 e. The van der Waals surface area contributed by atoms with E-state index in [-0.39, 0.29) is 12.3 Å². The first kappa shape index (κ1) is 12.0. The highest BCUT2D eigenvalue weighted by atomic mass is 16.1. The molecule has 0 saturated carbocycles. The molecule has 18 heavy (non-hydrogen) atoms. The van der Waals surface area contributed by atoms with Crippen LogP contribution < -0.4 is 11.1 Å². The molecule has 0 aliphatic rings. The van der Waals surface area contributed by atoms with Crippen molar-refractivity contribution in [3.05, 3.63) is 48.0 Å². The quantitative estimate of drug-likeness (QED) is 0.806. The summed E-state index contributed by atoms with van der Waals surface area (Å²) in [7, 11) is 0. The zero-order valence-corrected chi connectivity index (χ0v) is 9.71. The third-order valence-electron chi connectivity index (χ3n) is 2.28. The van der Waals surface area contributed by atoms with E-state index in [9.17, 15) is 4.79 Å². The van der Waals surface area contributed by atoms with Crippen molar-refractivity contribution in [2.75, 3.05) is 5.73 Å². The van der Waals surface area contributed by atoms with Gasteiger partial charge in [-0.1, -0.05) is 0 Å². The molecule has 3 N–H and O–H groups in total. The number of nitrogen functional groups attached to an aromatic ring is 1. The number of nitrogens with two attached hydrogens (primary N) is 1. The summed E-state index contributed by atoms with van der Waals surface area (Å²) in [6.07, 6.45) is 3.34. The standard InChI is InChI=1S/C12H13N5O/c13-9-3-4-10(14-7-9)6-12(18)15-8-11-2-1-5-16-17-11/h1-5,7H,6,8,13H2,(H,15,18). The summed E-state index contributed by atoms with van der Waals surface area (Å²) in [5.41, 5.74) is 7.50. The zero-order valence-electron chi connectivity index (χ0n) is 9.71. The number of hydrogen-bond donors (Lipinski definition) is 2. The molecule has 0 bridgehead atoms. The number of pyridine rings is 1. The lowest BCUT2D eigenvalue weighted by Gasteiger charge is -2.04. The first-order valence-corrected chi connectivity index (χ1v) is 5.48. The average molecular weight is 243 g/mol. The lowest BCUT2D eigenvalue weighted by molar-refractivity contribution is -0.120. The lowest BCUT2D eigenvalue weighted by Crippen LogP contribution is -2.25. The summed E-state index contributed by atoms with van der Waals surface area (Å²) >= 11 is 0. The number of rotatable bonds is 4. The van der Waals surface area contributed by atoms with E-state index < -0.39 is 0 Å². The molecule has 0 aliphatic carbocycles. The van der Waals surface area contributed by atoms with Gasteiger partial charge in [-0.2, -0.15) is 10.2 Å².